The molecule has 0 amide bonds. The SMILES string of the molecule is CCn1c(=O)c2ccccc2n2c(COc3ccc(C(C)=O)cc3OC)nnc12. The van der Waals surface area contributed by atoms with E-state index in [1.807, 2.05) is 29.5 Å². The molecular weight excluding hydrogens is 372 g/mol. The molecule has 0 radical (unpaired) electrons. The van der Waals surface area contributed by atoms with Crippen molar-refractivity contribution in [3.8, 4) is 11.5 Å². The number of fused-ring (bicyclic) bond motifs is 3. The fraction of sp³-hybridized carbons (Fsp3) is 0.238. The molecule has 0 aliphatic rings. The summed E-state index contributed by atoms with van der Waals surface area (Å²) in [6.45, 7) is 3.98. The van der Waals surface area contributed by atoms with Crippen molar-refractivity contribution < 1.29 is 14.3 Å². The highest BCUT2D eigenvalue weighted by atomic mass is 16.5. The quantitative estimate of drug-likeness (QED) is 0.469. The molecule has 8 heteroatoms. The fourth-order valence-corrected chi connectivity index (χ4v) is 3.34. The Morgan fingerprint density at radius 3 is 2.62 bits per heavy atom. The lowest BCUT2D eigenvalue weighted by Crippen LogP contribution is -2.22. The van der Waals surface area contributed by atoms with Crippen molar-refractivity contribution in [2.24, 2.45) is 0 Å². The van der Waals surface area contributed by atoms with E-state index in [1.165, 1.54) is 14.0 Å². The predicted molar refractivity (Wildman–Crippen MR) is 108 cm³/mol. The number of Topliss-reactive ketones (excluding diaryl/α,β-unsaturated/α-hetero) is 1. The van der Waals surface area contributed by atoms with Crippen molar-refractivity contribution in [3.63, 3.8) is 0 Å². The summed E-state index contributed by atoms with van der Waals surface area (Å²) in [6, 6.07) is 12.4. The van der Waals surface area contributed by atoms with Gasteiger partial charge in [0.2, 0.25) is 5.78 Å². The zero-order chi connectivity index (χ0) is 20.5. The number of hydrogen-bond donors (Lipinski definition) is 0. The number of aryl methyl sites for hydroxylation is 1. The maximum absolute atomic E-state index is 12.7. The average molecular weight is 392 g/mol. The minimum Gasteiger partial charge on any atom is -0.493 e. The smallest absolute Gasteiger partial charge is 0.262 e. The van der Waals surface area contributed by atoms with Gasteiger partial charge in [0.05, 0.1) is 18.0 Å². The fourth-order valence-electron chi connectivity index (χ4n) is 3.34. The van der Waals surface area contributed by atoms with E-state index in [2.05, 4.69) is 10.2 Å². The Kier molecular flexibility index (Phi) is 4.75. The van der Waals surface area contributed by atoms with Crippen LogP contribution in [0, 0.1) is 0 Å². The number of rotatable bonds is 6. The summed E-state index contributed by atoms with van der Waals surface area (Å²) in [5, 5.41) is 9.05. The summed E-state index contributed by atoms with van der Waals surface area (Å²) in [5.74, 6) is 1.91. The number of para-hydroxylation sites is 1. The predicted octanol–water partition coefficient (Wildman–Crippen LogP) is 2.85. The van der Waals surface area contributed by atoms with E-state index in [-0.39, 0.29) is 17.9 Å². The van der Waals surface area contributed by atoms with Gasteiger partial charge in [-0.25, -0.2) is 0 Å². The highest BCUT2D eigenvalue weighted by Crippen LogP contribution is 2.29. The van der Waals surface area contributed by atoms with Gasteiger partial charge in [-0.15, -0.1) is 10.2 Å². The number of aromatic nitrogens is 4. The Hall–Kier alpha value is -3.68. The first kappa shape index (κ1) is 18.7. The molecule has 2 aromatic heterocycles. The molecular formula is C21H20N4O4. The monoisotopic (exact) mass is 392 g/mol. The molecule has 0 saturated heterocycles. The van der Waals surface area contributed by atoms with Gasteiger partial charge in [-0.05, 0) is 44.2 Å². The highest BCUT2D eigenvalue weighted by Gasteiger charge is 2.17. The maximum Gasteiger partial charge on any atom is 0.262 e. The van der Waals surface area contributed by atoms with Crippen LogP contribution in [0.3, 0.4) is 0 Å². The molecule has 0 atom stereocenters. The lowest BCUT2D eigenvalue weighted by molar-refractivity contribution is 0.101. The third-order valence-electron chi connectivity index (χ3n) is 4.82. The van der Waals surface area contributed by atoms with Crippen molar-refractivity contribution in [3.05, 3.63) is 64.2 Å². The largest absolute Gasteiger partial charge is 0.493 e. The Bertz CT molecular complexity index is 1290. The molecule has 0 fully saturated rings. The third-order valence-corrected chi connectivity index (χ3v) is 4.82. The summed E-state index contributed by atoms with van der Waals surface area (Å²) >= 11 is 0. The third kappa shape index (κ3) is 3.12. The van der Waals surface area contributed by atoms with Crippen LogP contribution in [-0.2, 0) is 13.2 Å². The number of methoxy groups -OCH3 is 1. The van der Waals surface area contributed by atoms with E-state index in [1.54, 1.807) is 28.8 Å². The molecule has 29 heavy (non-hydrogen) atoms. The Morgan fingerprint density at radius 2 is 1.90 bits per heavy atom. The number of carbonyl (C=O) groups excluding carboxylic acids is 1. The summed E-state index contributed by atoms with van der Waals surface area (Å²) in [4.78, 5) is 24.3. The lowest BCUT2D eigenvalue weighted by atomic mass is 10.1. The molecule has 0 N–H and O–H groups in total. The van der Waals surface area contributed by atoms with Crippen molar-refractivity contribution in [1.29, 1.82) is 0 Å². The molecule has 4 aromatic rings. The van der Waals surface area contributed by atoms with E-state index < -0.39 is 0 Å². The van der Waals surface area contributed by atoms with E-state index in [0.29, 0.717) is 40.6 Å². The Morgan fingerprint density at radius 1 is 1.10 bits per heavy atom. The average Bonchev–Trinajstić information content (AvgIpc) is 3.16. The van der Waals surface area contributed by atoms with Gasteiger partial charge in [-0.3, -0.25) is 18.6 Å². The first-order chi connectivity index (χ1) is 14.0. The molecule has 4 rings (SSSR count). The van der Waals surface area contributed by atoms with Crippen LogP contribution in [0.5, 0.6) is 11.5 Å². The molecule has 0 bridgehead atoms. The molecule has 0 aliphatic carbocycles. The number of ether oxygens (including phenoxy) is 2. The molecule has 0 aliphatic heterocycles. The van der Waals surface area contributed by atoms with E-state index in [0.717, 1.165) is 5.52 Å². The van der Waals surface area contributed by atoms with E-state index in [4.69, 9.17) is 9.47 Å². The van der Waals surface area contributed by atoms with Gasteiger partial charge in [-0.1, -0.05) is 12.1 Å². The number of carbonyl (C=O) groups is 1. The van der Waals surface area contributed by atoms with Gasteiger partial charge in [0.25, 0.3) is 5.56 Å². The first-order valence-corrected chi connectivity index (χ1v) is 9.22. The zero-order valence-corrected chi connectivity index (χ0v) is 16.4. The van der Waals surface area contributed by atoms with Gasteiger partial charge in [-0.2, -0.15) is 0 Å². The van der Waals surface area contributed by atoms with Crippen LogP contribution in [0.4, 0.5) is 0 Å². The highest BCUT2D eigenvalue weighted by molar-refractivity contribution is 5.94. The van der Waals surface area contributed by atoms with Crippen LogP contribution in [0.15, 0.2) is 47.3 Å². The molecule has 0 spiro atoms. The van der Waals surface area contributed by atoms with Crippen molar-refractivity contribution in [2.45, 2.75) is 27.0 Å². The molecule has 0 saturated carbocycles. The standard InChI is InChI=1S/C21H20N4O4/c1-4-24-20(27)15-7-5-6-8-16(15)25-19(22-23-21(24)25)12-29-17-10-9-14(13(2)26)11-18(17)28-3/h5-11H,4,12H2,1-3H3. The summed E-state index contributed by atoms with van der Waals surface area (Å²) < 4.78 is 14.7. The van der Waals surface area contributed by atoms with E-state index >= 15 is 0 Å². The Balaban J connectivity index is 1.78. The summed E-state index contributed by atoms with van der Waals surface area (Å²) in [6.07, 6.45) is 0. The second kappa shape index (κ2) is 7.38. The van der Waals surface area contributed by atoms with Crippen LogP contribution in [0.2, 0.25) is 0 Å². The minimum absolute atomic E-state index is 0.0534. The van der Waals surface area contributed by atoms with Gasteiger partial charge >= 0.3 is 0 Å². The van der Waals surface area contributed by atoms with Gasteiger partial charge in [0.1, 0.15) is 6.61 Å². The molecule has 2 heterocycles. The van der Waals surface area contributed by atoms with Crippen molar-refractivity contribution in [2.75, 3.05) is 7.11 Å². The van der Waals surface area contributed by atoms with Crippen LogP contribution >= 0.6 is 0 Å². The van der Waals surface area contributed by atoms with Crippen LogP contribution < -0.4 is 15.0 Å². The number of ketones is 1. The van der Waals surface area contributed by atoms with E-state index in [9.17, 15) is 9.59 Å². The van der Waals surface area contributed by atoms with Gasteiger partial charge < -0.3 is 9.47 Å². The molecule has 0 unspecified atom stereocenters. The maximum atomic E-state index is 12.7. The Labute approximate surface area is 166 Å². The lowest BCUT2D eigenvalue weighted by Gasteiger charge is -2.12. The van der Waals surface area contributed by atoms with Crippen LogP contribution in [-0.4, -0.2) is 32.1 Å². The molecule has 2 aromatic carbocycles. The van der Waals surface area contributed by atoms with Crippen molar-refractivity contribution >= 4 is 22.5 Å². The topological polar surface area (TPSA) is 87.7 Å². The van der Waals surface area contributed by atoms with Gasteiger partial charge in [0, 0.05) is 12.1 Å². The first-order valence-electron chi connectivity index (χ1n) is 9.22. The summed E-state index contributed by atoms with van der Waals surface area (Å²) in [7, 11) is 1.52. The number of hydrogen-bond acceptors (Lipinski definition) is 6. The second-order valence-electron chi connectivity index (χ2n) is 6.53. The van der Waals surface area contributed by atoms with Crippen LogP contribution in [0.25, 0.3) is 16.7 Å². The van der Waals surface area contributed by atoms with Crippen molar-refractivity contribution in [1.82, 2.24) is 19.2 Å². The number of benzene rings is 2. The van der Waals surface area contributed by atoms with Gasteiger partial charge in [0.15, 0.2) is 23.1 Å². The molecule has 8 nitrogen and oxygen atoms in total. The van der Waals surface area contributed by atoms with Crippen LogP contribution in [0.1, 0.15) is 30.0 Å². The zero-order valence-electron chi connectivity index (χ0n) is 16.4. The minimum atomic E-state index is -0.100. The molecule has 148 valence electrons. The second-order valence-corrected chi connectivity index (χ2v) is 6.53. The number of nitrogens with zero attached hydrogens (tertiary/aromatic N) is 4. The normalized spacial score (nSPS) is 11.1. The summed E-state index contributed by atoms with van der Waals surface area (Å²) in [5.41, 5.74) is 1.16.